The highest BCUT2D eigenvalue weighted by atomic mass is 15.3. The molecule has 1 aliphatic carbocycles. The molecule has 0 aromatic carbocycles. The number of hydrogen-bond acceptors (Lipinski definition) is 4. The number of rotatable bonds is 2. The molecule has 0 amide bonds. The molecular weight excluding hydrogens is 248 g/mol. The van der Waals surface area contributed by atoms with Crippen molar-refractivity contribution < 1.29 is 0 Å². The standard InChI is InChI=1S/C16H26N4/c1-13-8-18-15(10-17-13)11-20-12-16(19-9-14(20)2)6-4-3-5-7-16/h8,10,14,19H,3-7,9,11-12H2,1-2H3. The minimum absolute atomic E-state index is 0.364. The fraction of sp³-hybridized carbons (Fsp3) is 0.750. The molecule has 1 aromatic heterocycles. The highest BCUT2D eigenvalue weighted by Gasteiger charge is 2.38. The van der Waals surface area contributed by atoms with Gasteiger partial charge in [-0.2, -0.15) is 0 Å². The van der Waals surface area contributed by atoms with Gasteiger partial charge in [0.25, 0.3) is 0 Å². The topological polar surface area (TPSA) is 41.1 Å². The first-order chi connectivity index (χ1) is 9.67. The van der Waals surface area contributed by atoms with E-state index in [0.717, 1.165) is 31.0 Å². The van der Waals surface area contributed by atoms with Gasteiger partial charge in [0, 0.05) is 43.6 Å². The molecular formula is C16H26N4. The van der Waals surface area contributed by atoms with Crippen molar-refractivity contribution in [1.82, 2.24) is 20.2 Å². The molecule has 1 unspecified atom stereocenters. The lowest BCUT2D eigenvalue weighted by atomic mass is 9.79. The van der Waals surface area contributed by atoms with Gasteiger partial charge in [0.2, 0.25) is 0 Å². The van der Waals surface area contributed by atoms with Crippen LogP contribution in [0.2, 0.25) is 0 Å². The van der Waals surface area contributed by atoms with Gasteiger partial charge in [-0.25, -0.2) is 0 Å². The van der Waals surface area contributed by atoms with Crippen molar-refractivity contribution in [3.05, 3.63) is 23.8 Å². The smallest absolute Gasteiger partial charge is 0.0727 e. The van der Waals surface area contributed by atoms with Crippen molar-refractivity contribution in [2.45, 2.75) is 64.1 Å². The lowest BCUT2D eigenvalue weighted by molar-refractivity contribution is 0.0563. The van der Waals surface area contributed by atoms with E-state index in [1.165, 1.54) is 32.1 Å². The summed E-state index contributed by atoms with van der Waals surface area (Å²) in [5, 5.41) is 3.83. The van der Waals surface area contributed by atoms with Crippen LogP contribution in [0.5, 0.6) is 0 Å². The second-order valence-corrected chi connectivity index (χ2v) is 6.63. The molecule has 2 fully saturated rings. The van der Waals surface area contributed by atoms with Crippen molar-refractivity contribution in [3.8, 4) is 0 Å². The van der Waals surface area contributed by atoms with Crippen LogP contribution >= 0.6 is 0 Å². The number of aromatic nitrogens is 2. The largest absolute Gasteiger partial charge is 0.308 e. The third kappa shape index (κ3) is 3.01. The Morgan fingerprint density at radius 1 is 1.25 bits per heavy atom. The van der Waals surface area contributed by atoms with E-state index >= 15 is 0 Å². The fourth-order valence-electron chi connectivity index (χ4n) is 3.58. The number of piperazine rings is 1. The van der Waals surface area contributed by atoms with Gasteiger partial charge in [0.05, 0.1) is 11.4 Å². The first kappa shape index (κ1) is 14.0. The van der Waals surface area contributed by atoms with Crippen LogP contribution < -0.4 is 5.32 Å². The predicted molar refractivity (Wildman–Crippen MR) is 80.5 cm³/mol. The first-order valence-electron chi connectivity index (χ1n) is 7.93. The molecule has 4 nitrogen and oxygen atoms in total. The second-order valence-electron chi connectivity index (χ2n) is 6.63. The quantitative estimate of drug-likeness (QED) is 0.898. The minimum atomic E-state index is 0.364. The Morgan fingerprint density at radius 2 is 2.05 bits per heavy atom. The van der Waals surface area contributed by atoms with Gasteiger partial charge >= 0.3 is 0 Å². The summed E-state index contributed by atoms with van der Waals surface area (Å²) in [6, 6.07) is 0.575. The molecule has 0 radical (unpaired) electrons. The summed E-state index contributed by atoms with van der Waals surface area (Å²) in [4.78, 5) is 11.5. The summed E-state index contributed by atoms with van der Waals surface area (Å²) >= 11 is 0. The highest BCUT2D eigenvalue weighted by molar-refractivity contribution is 5.04. The van der Waals surface area contributed by atoms with Crippen LogP contribution in [-0.4, -0.2) is 39.5 Å². The summed E-state index contributed by atoms with van der Waals surface area (Å²) < 4.78 is 0. The van der Waals surface area contributed by atoms with Gasteiger partial charge in [-0.1, -0.05) is 19.3 Å². The SMILES string of the molecule is Cc1cnc(CN2CC3(CCCCC3)NCC2C)cn1. The molecule has 1 spiro atoms. The van der Waals surface area contributed by atoms with Crippen LogP contribution in [-0.2, 0) is 6.54 Å². The third-order valence-corrected chi connectivity index (χ3v) is 4.91. The molecule has 2 aliphatic rings. The molecule has 20 heavy (non-hydrogen) atoms. The monoisotopic (exact) mass is 274 g/mol. The Morgan fingerprint density at radius 3 is 2.75 bits per heavy atom. The van der Waals surface area contributed by atoms with Gasteiger partial charge < -0.3 is 5.32 Å². The average molecular weight is 274 g/mol. The van der Waals surface area contributed by atoms with Crippen LogP contribution in [0.4, 0.5) is 0 Å². The number of nitrogens with zero attached hydrogens (tertiary/aromatic N) is 3. The average Bonchev–Trinajstić information content (AvgIpc) is 2.47. The van der Waals surface area contributed by atoms with Gasteiger partial charge in [-0.15, -0.1) is 0 Å². The zero-order valence-corrected chi connectivity index (χ0v) is 12.7. The van der Waals surface area contributed by atoms with Crippen molar-refractivity contribution in [3.63, 3.8) is 0 Å². The van der Waals surface area contributed by atoms with E-state index in [0.29, 0.717) is 11.6 Å². The maximum Gasteiger partial charge on any atom is 0.0727 e. The van der Waals surface area contributed by atoms with Crippen molar-refractivity contribution in [2.24, 2.45) is 0 Å². The van der Waals surface area contributed by atoms with Crippen LogP contribution in [0.3, 0.4) is 0 Å². The summed E-state index contributed by atoms with van der Waals surface area (Å²) in [6.45, 7) is 7.48. The molecule has 4 heteroatoms. The maximum absolute atomic E-state index is 4.52. The fourth-order valence-corrected chi connectivity index (χ4v) is 3.58. The van der Waals surface area contributed by atoms with Crippen LogP contribution in [0, 0.1) is 6.92 Å². The van der Waals surface area contributed by atoms with Crippen LogP contribution in [0.15, 0.2) is 12.4 Å². The van der Waals surface area contributed by atoms with E-state index in [2.05, 4.69) is 27.1 Å². The van der Waals surface area contributed by atoms with Gasteiger partial charge in [0.15, 0.2) is 0 Å². The molecule has 110 valence electrons. The molecule has 1 saturated heterocycles. The Balaban J connectivity index is 1.69. The van der Waals surface area contributed by atoms with Crippen molar-refractivity contribution in [1.29, 1.82) is 0 Å². The first-order valence-corrected chi connectivity index (χ1v) is 7.93. The van der Waals surface area contributed by atoms with E-state index in [4.69, 9.17) is 0 Å². The minimum Gasteiger partial charge on any atom is -0.308 e. The lowest BCUT2D eigenvalue weighted by Gasteiger charge is -2.49. The Labute approximate surface area is 122 Å². The second kappa shape index (κ2) is 5.78. The van der Waals surface area contributed by atoms with E-state index in [1.807, 2.05) is 19.3 Å². The molecule has 2 heterocycles. The van der Waals surface area contributed by atoms with Gasteiger partial charge in [-0.05, 0) is 26.7 Å². The summed E-state index contributed by atoms with van der Waals surface area (Å²) in [7, 11) is 0. The summed E-state index contributed by atoms with van der Waals surface area (Å²) in [6.07, 6.45) is 10.6. The normalized spacial score (nSPS) is 26.8. The number of aryl methyl sites for hydroxylation is 1. The molecule has 1 aromatic rings. The maximum atomic E-state index is 4.52. The Bertz CT molecular complexity index is 436. The zero-order chi connectivity index (χ0) is 14.0. The summed E-state index contributed by atoms with van der Waals surface area (Å²) in [5.74, 6) is 0. The van der Waals surface area contributed by atoms with E-state index < -0.39 is 0 Å². The Kier molecular flexibility index (Phi) is 4.03. The van der Waals surface area contributed by atoms with E-state index in [9.17, 15) is 0 Å². The van der Waals surface area contributed by atoms with Crippen LogP contribution in [0.1, 0.15) is 50.4 Å². The Hall–Kier alpha value is -1.00. The van der Waals surface area contributed by atoms with Crippen molar-refractivity contribution >= 4 is 0 Å². The van der Waals surface area contributed by atoms with Crippen molar-refractivity contribution in [2.75, 3.05) is 13.1 Å². The molecule has 1 saturated carbocycles. The summed E-state index contributed by atoms with van der Waals surface area (Å²) in [5.41, 5.74) is 2.45. The molecule has 1 atom stereocenters. The highest BCUT2D eigenvalue weighted by Crippen LogP contribution is 2.32. The molecule has 3 rings (SSSR count). The number of nitrogens with one attached hydrogen (secondary N) is 1. The molecule has 0 bridgehead atoms. The van der Waals surface area contributed by atoms with Crippen LogP contribution in [0.25, 0.3) is 0 Å². The molecule has 1 aliphatic heterocycles. The molecule has 1 N–H and O–H groups in total. The predicted octanol–water partition coefficient (Wildman–Crippen LogP) is 2.28. The zero-order valence-electron chi connectivity index (χ0n) is 12.7. The lowest BCUT2D eigenvalue weighted by Crippen LogP contribution is -2.63. The van der Waals surface area contributed by atoms with Gasteiger partial charge in [-0.3, -0.25) is 14.9 Å². The number of hydrogen-bond donors (Lipinski definition) is 1. The van der Waals surface area contributed by atoms with E-state index in [1.54, 1.807) is 0 Å². The third-order valence-electron chi connectivity index (χ3n) is 4.91. The van der Waals surface area contributed by atoms with Gasteiger partial charge in [0.1, 0.15) is 0 Å². The van der Waals surface area contributed by atoms with E-state index in [-0.39, 0.29) is 0 Å².